The number of nitrogens with one attached hydrogen (secondary N) is 1. The summed E-state index contributed by atoms with van der Waals surface area (Å²) in [5.74, 6) is 0. The molecule has 2 aromatic carbocycles. The van der Waals surface area contributed by atoms with Gasteiger partial charge in [0.05, 0.1) is 0 Å². The maximum Gasteiger partial charge on any atom is 0.234 e. The van der Waals surface area contributed by atoms with Crippen molar-refractivity contribution in [2.75, 3.05) is 0 Å². The average Bonchev–Trinajstić information content (AvgIpc) is 2.54. The van der Waals surface area contributed by atoms with Gasteiger partial charge in [-0.1, -0.05) is 54.6 Å². The second kappa shape index (κ2) is 6.46. The largest absolute Gasteiger partial charge is 0.234 e. The Hall–Kier alpha value is -1.91. The highest BCUT2D eigenvalue weighted by Gasteiger charge is 2.23. The van der Waals surface area contributed by atoms with Gasteiger partial charge >= 0.3 is 0 Å². The van der Waals surface area contributed by atoms with Gasteiger partial charge in [0.25, 0.3) is 0 Å². The van der Waals surface area contributed by atoms with Crippen molar-refractivity contribution in [2.24, 2.45) is 0 Å². The van der Waals surface area contributed by atoms with Gasteiger partial charge < -0.3 is 0 Å². The minimum atomic E-state index is -3.45. The zero-order valence-corrected chi connectivity index (χ0v) is 13.1. The van der Waals surface area contributed by atoms with E-state index in [-0.39, 0.29) is 6.04 Å². The number of benzene rings is 2. The van der Waals surface area contributed by atoms with Gasteiger partial charge in [0.1, 0.15) is 0 Å². The molecule has 0 aliphatic heterocycles. The lowest BCUT2D eigenvalue weighted by molar-refractivity contribution is 0.512. The van der Waals surface area contributed by atoms with E-state index >= 15 is 0 Å². The van der Waals surface area contributed by atoms with Crippen molar-refractivity contribution in [2.45, 2.75) is 25.3 Å². The summed E-state index contributed by atoms with van der Waals surface area (Å²) in [6.07, 6.45) is 4.49. The number of sulfonamides is 1. The molecule has 0 saturated heterocycles. The lowest BCUT2D eigenvalue weighted by Crippen LogP contribution is -2.29. The predicted molar refractivity (Wildman–Crippen MR) is 89.7 cm³/mol. The van der Waals surface area contributed by atoms with E-state index in [4.69, 9.17) is 0 Å². The zero-order valence-electron chi connectivity index (χ0n) is 12.3. The van der Waals surface area contributed by atoms with E-state index in [9.17, 15) is 8.42 Å². The maximum atomic E-state index is 12.3. The van der Waals surface area contributed by atoms with Gasteiger partial charge in [-0.05, 0) is 42.0 Å². The molecule has 1 atom stereocenters. The summed E-state index contributed by atoms with van der Waals surface area (Å²) >= 11 is 0. The molecule has 0 unspecified atom stereocenters. The minimum absolute atomic E-state index is 0.129. The van der Waals surface area contributed by atoms with Crippen LogP contribution in [0.2, 0.25) is 0 Å². The van der Waals surface area contributed by atoms with Crippen LogP contribution in [0.4, 0.5) is 0 Å². The van der Waals surface area contributed by atoms with Crippen molar-refractivity contribution < 1.29 is 8.42 Å². The molecule has 22 heavy (non-hydrogen) atoms. The first-order valence-electron chi connectivity index (χ1n) is 7.47. The third kappa shape index (κ3) is 3.64. The molecule has 3 rings (SSSR count). The van der Waals surface area contributed by atoms with Crippen LogP contribution in [0.15, 0.2) is 60.0 Å². The highest BCUT2D eigenvalue weighted by Crippen LogP contribution is 2.30. The van der Waals surface area contributed by atoms with Crippen molar-refractivity contribution in [3.05, 3.63) is 76.7 Å². The molecule has 0 radical (unpaired) electrons. The number of aryl methyl sites for hydroxylation is 1. The normalized spacial score (nSPS) is 18.3. The summed E-state index contributed by atoms with van der Waals surface area (Å²) < 4.78 is 27.4. The van der Waals surface area contributed by atoms with E-state index < -0.39 is 10.0 Å². The van der Waals surface area contributed by atoms with Crippen LogP contribution >= 0.6 is 0 Å². The van der Waals surface area contributed by atoms with Crippen molar-refractivity contribution in [3.63, 3.8) is 0 Å². The van der Waals surface area contributed by atoms with Crippen LogP contribution in [0.5, 0.6) is 0 Å². The first-order chi connectivity index (χ1) is 10.6. The van der Waals surface area contributed by atoms with Crippen molar-refractivity contribution in [3.8, 4) is 0 Å². The van der Waals surface area contributed by atoms with Gasteiger partial charge in [0.15, 0.2) is 0 Å². The van der Waals surface area contributed by atoms with Crippen LogP contribution in [0.1, 0.15) is 35.6 Å². The summed E-state index contributed by atoms with van der Waals surface area (Å²) in [5.41, 5.74) is 3.22. The summed E-state index contributed by atoms with van der Waals surface area (Å²) in [6.45, 7) is 0. The van der Waals surface area contributed by atoms with Gasteiger partial charge in [-0.25, -0.2) is 13.1 Å². The molecule has 0 fully saturated rings. The minimum Gasteiger partial charge on any atom is -0.208 e. The highest BCUT2D eigenvalue weighted by molar-refractivity contribution is 7.92. The molecule has 0 spiro atoms. The van der Waals surface area contributed by atoms with Crippen molar-refractivity contribution in [1.29, 1.82) is 0 Å². The molecule has 0 amide bonds. The van der Waals surface area contributed by atoms with E-state index in [1.807, 2.05) is 48.5 Å². The summed E-state index contributed by atoms with van der Waals surface area (Å²) in [6, 6.07) is 17.4. The van der Waals surface area contributed by atoms with Crippen LogP contribution in [-0.4, -0.2) is 8.42 Å². The van der Waals surface area contributed by atoms with Gasteiger partial charge in [0, 0.05) is 11.4 Å². The van der Waals surface area contributed by atoms with Crippen LogP contribution in [-0.2, 0) is 16.4 Å². The molecule has 0 saturated carbocycles. The molecule has 1 N–H and O–H groups in total. The lowest BCUT2D eigenvalue weighted by atomic mass is 9.88. The quantitative estimate of drug-likeness (QED) is 0.936. The fraction of sp³-hybridized carbons (Fsp3) is 0.222. The van der Waals surface area contributed by atoms with E-state index in [1.54, 1.807) is 6.08 Å². The lowest BCUT2D eigenvalue weighted by Gasteiger charge is -2.25. The van der Waals surface area contributed by atoms with Crippen LogP contribution in [0.25, 0.3) is 6.08 Å². The second-order valence-electron chi connectivity index (χ2n) is 5.52. The van der Waals surface area contributed by atoms with Crippen LogP contribution < -0.4 is 4.72 Å². The van der Waals surface area contributed by atoms with E-state index in [0.29, 0.717) is 0 Å². The van der Waals surface area contributed by atoms with Crippen LogP contribution in [0.3, 0.4) is 0 Å². The first-order valence-corrected chi connectivity index (χ1v) is 9.02. The van der Waals surface area contributed by atoms with Gasteiger partial charge in [0.2, 0.25) is 10.0 Å². The molecule has 1 aliphatic rings. The Labute approximate surface area is 131 Å². The number of fused-ring (bicyclic) bond motifs is 1. The third-order valence-electron chi connectivity index (χ3n) is 3.92. The molecule has 2 aromatic rings. The average molecular weight is 313 g/mol. The summed E-state index contributed by atoms with van der Waals surface area (Å²) in [4.78, 5) is 0. The third-order valence-corrected chi connectivity index (χ3v) is 5.02. The smallest absolute Gasteiger partial charge is 0.208 e. The van der Waals surface area contributed by atoms with E-state index in [0.717, 1.165) is 30.4 Å². The Morgan fingerprint density at radius 2 is 1.73 bits per heavy atom. The van der Waals surface area contributed by atoms with E-state index in [2.05, 4.69) is 10.8 Å². The Morgan fingerprint density at radius 1 is 1.00 bits per heavy atom. The Balaban J connectivity index is 1.77. The Morgan fingerprint density at radius 3 is 2.55 bits per heavy atom. The molecule has 4 heteroatoms. The first kappa shape index (κ1) is 15.0. The second-order valence-corrected chi connectivity index (χ2v) is 7.12. The van der Waals surface area contributed by atoms with Crippen molar-refractivity contribution >= 4 is 16.1 Å². The van der Waals surface area contributed by atoms with Gasteiger partial charge in [-0.15, -0.1) is 0 Å². The predicted octanol–water partition coefficient (Wildman–Crippen LogP) is 3.65. The standard InChI is InChI=1S/C18H19NO2S/c20-22(21,14-13-15-7-2-1-3-8-15)19-18-12-6-10-16-9-4-5-11-17(16)18/h1-5,7-9,11,13-14,18-19H,6,10,12H2/b14-13+/t18-/m1/s1. The number of rotatable bonds is 4. The molecule has 1 aliphatic carbocycles. The summed E-state index contributed by atoms with van der Waals surface area (Å²) in [5, 5.41) is 1.25. The summed E-state index contributed by atoms with van der Waals surface area (Å²) in [7, 11) is -3.45. The van der Waals surface area contributed by atoms with Crippen molar-refractivity contribution in [1.82, 2.24) is 4.72 Å². The molecular weight excluding hydrogens is 294 g/mol. The van der Waals surface area contributed by atoms with Crippen LogP contribution in [0, 0.1) is 0 Å². The Kier molecular flexibility index (Phi) is 4.41. The topological polar surface area (TPSA) is 46.2 Å². The maximum absolute atomic E-state index is 12.3. The monoisotopic (exact) mass is 313 g/mol. The fourth-order valence-electron chi connectivity index (χ4n) is 2.85. The molecule has 3 nitrogen and oxygen atoms in total. The van der Waals surface area contributed by atoms with Gasteiger partial charge in [-0.3, -0.25) is 0 Å². The Bertz CT molecular complexity index is 767. The molecular formula is C18H19NO2S. The molecule has 0 bridgehead atoms. The van der Waals surface area contributed by atoms with E-state index in [1.165, 1.54) is 11.0 Å². The zero-order chi connectivity index (χ0) is 15.4. The SMILES string of the molecule is O=S(=O)(/C=C/c1ccccc1)N[C@@H]1CCCc2ccccc21. The molecule has 114 valence electrons. The molecule has 0 aromatic heterocycles. The number of hydrogen-bond donors (Lipinski definition) is 1. The fourth-order valence-corrected chi connectivity index (χ4v) is 3.90. The molecule has 0 heterocycles. The highest BCUT2D eigenvalue weighted by atomic mass is 32.2. The van der Waals surface area contributed by atoms with Gasteiger partial charge in [-0.2, -0.15) is 0 Å². The number of hydrogen-bond acceptors (Lipinski definition) is 2.